The summed E-state index contributed by atoms with van der Waals surface area (Å²) in [7, 11) is -3.41. The molecule has 0 saturated carbocycles. The van der Waals surface area contributed by atoms with Crippen LogP contribution in [-0.4, -0.2) is 32.0 Å². The molecule has 0 N–H and O–H groups in total. The molecule has 0 aliphatic carbocycles. The van der Waals surface area contributed by atoms with Gasteiger partial charge in [0.1, 0.15) is 0 Å². The van der Waals surface area contributed by atoms with Crippen molar-refractivity contribution < 1.29 is 8.42 Å². The van der Waals surface area contributed by atoms with E-state index in [1.165, 1.54) is 0 Å². The summed E-state index contributed by atoms with van der Waals surface area (Å²) in [5.74, 6) is 0. The number of halogens is 1. The molecule has 2 aromatic rings. The fourth-order valence-electron chi connectivity index (χ4n) is 2.83. The third-order valence-corrected chi connectivity index (χ3v) is 6.44. The highest BCUT2D eigenvalue weighted by Gasteiger charge is 2.24. The molecule has 1 fully saturated rings. The molecule has 1 heterocycles. The van der Waals surface area contributed by atoms with Crippen molar-refractivity contribution in [3.8, 4) is 0 Å². The lowest BCUT2D eigenvalue weighted by Gasteiger charge is -2.19. The van der Waals surface area contributed by atoms with E-state index < -0.39 is 10.0 Å². The lowest BCUT2D eigenvalue weighted by atomic mass is 10.2. The molecule has 0 amide bonds. The van der Waals surface area contributed by atoms with Gasteiger partial charge in [0, 0.05) is 24.3 Å². The number of aliphatic imine (C=N–C) groups is 1. The van der Waals surface area contributed by atoms with E-state index in [9.17, 15) is 8.42 Å². The predicted molar refractivity (Wildman–Crippen MR) is 102 cm³/mol. The smallest absolute Gasteiger partial charge is 0.243 e. The monoisotopic (exact) mass is 376 g/mol. The fraction of sp³-hybridized carbons (Fsp3) is 0.316. The third kappa shape index (κ3) is 4.69. The van der Waals surface area contributed by atoms with Crippen molar-refractivity contribution in [2.24, 2.45) is 4.99 Å². The first kappa shape index (κ1) is 18.1. The molecule has 0 unspecified atom stereocenters. The average Bonchev–Trinajstić information content (AvgIpc) is 2.92. The summed E-state index contributed by atoms with van der Waals surface area (Å²) in [4.78, 5) is 4.71. The van der Waals surface area contributed by atoms with Crippen molar-refractivity contribution in [3.63, 3.8) is 0 Å². The summed E-state index contributed by atoms with van der Waals surface area (Å²) in [5, 5.41) is 0.681. The Balaban J connectivity index is 1.73. The minimum atomic E-state index is -3.41. The standard InChI is InChI=1S/C19H21ClN2O2S/c20-17-7-5-16(6-8-17)15-21-18-9-11-19(12-10-18)25(23,24)22-13-3-1-2-4-14-22/h5-12,15H,1-4,13-14H2. The summed E-state index contributed by atoms with van der Waals surface area (Å²) >= 11 is 5.86. The maximum Gasteiger partial charge on any atom is 0.243 e. The molecule has 1 aliphatic rings. The normalized spacial score (nSPS) is 16.8. The second kappa shape index (κ2) is 8.13. The average molecular weight is 377 g/mol. The molecule has 3 rings (SSSR count). The van der Waals surface area contributed by atoms with E-state index >= 15 is 0 Å². The predicted octanol–water partition coefficient (Wildman–Crippen LogP) is 4.66. The molecule has 6 heteroatoms. The fourth-order valence-corrected chi connectivity index (χ4v) is 4.48. The van der Waals surface area contributed by atoms with E-state index in [-0.39, 0.29) is 0 Å². The largest absolute Gasteiger partial charge is 0.256 e. The van der Waals surface area contributed by atoms with Gasteiger partial charge in [0.25, 0.3) is 0 Å². The van der Waals surface area contributed by atoms with Crippen molar-refractivity contribution in [2.75, 3.05) is 13.1 Å². The number of hydrogen-bond donors (Lipinski definition) is 0. The van der Waals surface area contributed by atoms with Crippen LogP contribution in [0.4, 0.5) is 5.69 Å². The number of benzene rings is 2. The SMILES string of the molecule is O=S(=O)(c1ccc(N=Cc2ccc(Cl)cc2)cc1)N1CCCCCC1. The zero-order chi connectivity index (χ0) is 17.7. The molecule has 1 aliphatic heterocycles. The van der Waals surface area contributed by atoms with E-state index in [2.05, 4.69) is 4.99 Å². The molecular formula is C19H21ClN2O2S. The second-order valence-corrected chi connectivity index (χ2v) is 8.50. The molecule has 0 atom stereocenters. The highest BCUT2D eigenvalue weighted by Crippen LogP contribution is 2.22. The first-order valence-electron chi connectivity index (χ1n) is 8.45. The van der Waals surface area contributed by atoms with E-state index in [1.807, 2.05) is 12.1 Å². The molecule has 0 aromatic heterocycles. The van der Waals surface area contributed by atoms with Crippen molar-refractivity contribution in [1.82, 2.24) is 4.31 Å². The molecule has 0 bridgehead atoms. The number of sulfonamides is 1. The Hall–Kier alpha value is -1.69. The van der Waals surface area contributed by atoms with Crippen LogP contribution >= 0.6 is 11.6 Å². The van der Waals surface area contributed by atoms with Gasteiger partial charge >= 0.3 is 0 Å². The first-order valence-corrected chi connectivity index (χ1v) is 10.3. The lowest BCUT2D eigenvalue weighted by molar-refractivity contribution is 0.424. The topological polar surface area (TPSA) is 49.7 Å². The minimum Gasteiger partial charge on any atom is -0.256 e. The van der Waals surface area contributed by atoms with Crippen LogP contribution < -0.4 is 0 Å². The van der Waals surface area contributed by atoms with Crippen molar-refractivity contribution in [1.29, 1.82) is 0 Å². The Bertz CT molecular complexity index is 823. The van der Waals surface area contributed by atoms with Crippen molar-refractivity contribution in [3.05, 3.63) is 59.1 Å². The maximum absolute atomic E-state index is 12.7. The zero-order valence-corrected chi connectivity index (χ0v) is 15.5. The Kier molecular flexibility index (Phi) is 5.89. The molecule has 2 aromatic carbocycles. The molecule has 1 saturated heterocycles. The number of rotatable bonds is 4. The van der Waals surface area contributed by atoms with Gasteiger partial charge < -0.3 is 0 Å². The Morgan fingerprint density at radius 3 is 2.08 bits per heavy atom. The van der Waals surface area contributed by atoms with Gasteiger partial charge in [-0.3, -0.25) is 4.99 Å². The molecule has 4 nitrogen and oxygen atoms in total. The van der Waals surface area contributed by atoms with E-state index in [4.69, 9.17) is 11.6 Å². The van der Waals surface area contributed by atoms with Crippen LogP contribution in [-0.2, 0) is 10.0 Å². The van der Waals surface area contributed by atoms with Gasteiger partial charge in [-0.25, -0.2) is 8.42 Å². The maximum atomic E-state index is 12.7. The number of hydrogen-bond acceptors (Lipinski definition) is 3. The van der Waals surface area contributed by atoms with Gasteiger partial charge in [-0.2, -0.15) is 4.31 Å². The quantitative estimate of drug-likeness (QED) is 0.729. The summed E-state index contributed by atoms with van der Waals surface area (Å²) in [6.45, 7) is 1.22. The highest BCUT2D eigenvalue weighted by molar-refractivity contribution is 7.89. The Labute approximate surface area is 154 Å². The molecular weight excluding hydrogens is 356 g/mol. The van der Waals surface area contributed by atoms with Crippen LogP contribution in [0.2, 0.25) is 5.02 Å². The summed E-state index contributed by atoms with van der Waals surface area (Å²) < 4.78 is 27.1. The van der Waals surface area contributed by atoms with Gasteiger partial charge in [0.05, 0.1) is 10.6 Å². The minimum absolute atomic E-state index is 0.333. The summed E-state index contributed by atoms with van der Waals surface area (Å²) in [6.07, 6.45) is 5.80. The van der Waals surface area contributed by atoms with Crippen molar-refractivity contribution >= 4 is 33.5 Å². The molecule has 25 heavy (non-hydrogen) atoms. The Morgan fingerprint density at radius 1 is 0.880 bits per heavy atom. The van der Waals surface area contributed by atoms with Crippen LogP contribution in [0.3, 0.4) is 0 Å². The van der Waals surface area contributed by atoms with Crippen LogP contribution in [0.1, 0.15) is 31.2 Å². The van der Waals surface area contributed by atoms with Crippen LogP contribution in [0.15, 0.2) is 58.4 Å². The van der Waals surface area contributed by atoms with Crippen LogP contribution in [0, 0.1) is 0 Å². The van der Waals surface area contributed by atoms with E-state index in [0.717, 1.165) is 31.2 Å². The first-order chi connectivity index (χ1) is 12.1. The van der Waals surface area contributed by atoms with E-state index in [1.54, 1.807) is 46.9 Å². The summed E-state index contributed by atoms with van der Waals surface area (Å²) in [5.41, 5.74) is 1.65. The van der Waals surface area contributed by atoms with Gasteiger partial charge in [-0.05, 0) is 54.8 Å². The number of nitrogens with zero attached hydrogens (tertiary/aromatic N) is 2. The molecule has 0 spiro atoms. The van der Waals surface area contributed by atoms with Crippen LogP contribution in [0.5, 0.6) is 0 Å². The summed E-state index contributed by atoms with van der Waals surface area (Å²) in [6, 6.07) is 14.1. The van der Waals surface area contributed by atoms with Crippen molar-refractivity contribution in [2.45, 2.75) is 30.6 Å². The van der Waals surface area contributed by atoms with Gasteiger partial charge in [0.15, 0.2) is 0 Å². The molecule has 0 radical (unpaired) electrons. The van der Waals surface area contributed by atoms with Gasteiger partial charge in [-0.1, -0.05) is 36.6 Å². The van der Waals surface area contributed by atoms with E-state index in [0.29, 0.717) is 28.7 Å². The lowest BCUT2D eigenvalue weighted by Crippen LogP contribution is -2.31. The highest BCUT2D eigenvalue weighted by atomic mass is 35.5. The van der Waals surface area contributed by atoms with Gasteiger partial charge in [-0.15, -0.1) is 0 Å². The van der Waals surface area contributed by atoms with Crippen LogP contribution in [0.25, 0.3) is 0 Å². The van der Waals surface area contributed by atoms with Gasteiger partial charge in [0.2, 0.25) is 10.0 Å². The Morgan fingerprint density at radius 2 is 1.48 bits per heavy atom. The molecule has 132 valence electrons. The third-order valence-electron chi connectivity index (χ3n) is 4.27. The zero-order valence-electron chi connectivity index (χ0n) is 13.9. The second-order valence-electron chi connectivity index (χ2n) is 6.12.